The quantitative estimate of drug-likeness (QED) is 0.363. The Kier molecular flexibility index (Phi) is 6.63. The lowest BCUT2D eigenvalue weighted by Crippen LogP contribution is -2.29. The molecule has 1 aliphatic carbocycles. The summed E-state index contributed by atoms with van der Waals surface area (Å²) in [6.45, 7) is 0.402. The number of fused-ring (bicyclic) bond motifs is 1. The minimum absolute atomic E-state index is 0.250. The van der Waals surface area contributed by atoms with Crippen molar-refractivity contribution in [2.45, 2.75) is 19.3 Å². The summed E-state index contributed by atoms with van der Waals surface area (Å²) in [7, 11) is -1.54. The maximum atomic E-state index is 9.53. The number of nitrogens with zero attached hydrogens (tertiary/aromatic N) is 2. The number of benzene rings is 2. The van der Waals surface area contributed by atoms with Crippen LogP contribution in [-0.2, 0) is 4.79 Å². The second-order valence-electron chi connectivity index (χ2n) is 6.85. The van der Waals surface area contributed by atoms with Gasteiger partial charge in [0.15, 0.2) is 0 Å². The van der Waals surface area contributed by atoms with E-state index in [0.717, 1.165) is 28.9 Å². The average Bonchev–Trinajstić information content (AvgIpc) is 3.53. The maximum Gasteiger partial charge on any atom is 0.488 e. The van der Waals surface area contributed by atoms with Crippen LogP contribution in [0, 0.1) is 5.92 Å². The Morgan fingerprint density at radius 2 is 1.97 bits per heavy atom. The van der Waals surface area contributed by atoms with Crippen LogP contribution >= 0.6 is 0 Å². The lowest BCUT2D eigenvalue weighted by Gasteiger charge is -2.14. The van der Waals surface area contributed by atoms with Crippen molar-refractivity contribution >= 4 is 35.6 Å². The van der Waals surface area contributed by atoms with E-state index >= 15 is 0 Å². The predicted octanol–water partition coefficient (Wildman–Crippen LogP) is 1.44. The molecule has 1 fully saturated rings. The van der Waals surface area contributed by atoms with Crippen molar-refractivity contribution in [2.24, 2.45) is 5.92 Å². The number of aromatic nitrogens is 2. The molecule has 3 aromatic rings. The Morgan fingerprint density at radius 1 is 1.21 bits per heavy atom. The van der Waals surface area contributed by atoms with Gasteiger partial charge in [-0.2, -0.15) is 10.2 Å². The summed E-state index contributed by atoms with van der Waals surface area (Å²) in [6.07, 6.45) is 5.15. The van der Waals surface area contributed by atoms with E-state index in [9.17, 15) is 10.0 Å². The summed E-state index contributed by atoms with van der Waals surface area (Å²) in [5.41, 5.74) is 9.26. The van der Waals surface area contributed by atoms with Crippen LogP contribution in [-0.4, -0.2) is 45.5 Å². The smallest absolute Gasteiger partial charge is 0.488 e. The zero-order valence-corrected chi connectivity index (χ0v) is 15.7. The minimum Gasteiger partial charge on any atom is -0.493 e. The molecule has 1 aliphatic rings. The molecule has 0 amide bonds. The largest absolute Gasteiger partial charge is 0.493 e. The fourth-order valence-corrected chi connectivity index (χ4v) is 3.05. The normalized spacial score (nSPS) is 12.8. The Hall–Kier alpha value is -3.17. The van der Waals surface area contributed by atoms with Crippen LogP contribution in [0.25, 0.3) is 22.0 Å². The molecule has 150 valence electrons. The van der Waals surface area contributed by atoms with Gasteiger partial charge in [-0.25, -0.2) is 0 Å². The third-order valence-corrected chi connectivity index (χ3v) is 4.76. The second-order valence-corrected chi connectivity index (χ2v) is 6.85. The van der Waals surface area contributed by atoms with Gasteiger partial charge in [-0.1, -0.05) is 31.0 Å². The van der Waals surface area contributed by atoms with Crippen molar-refractivity contribution in [1.29, 1.82) is 0 Å². The van der Waals surface area contributed by atoms with E-state index in [-0.39, 0.29) is 6.47 Å². The number of nitrogens with two attached hydrogens (primary N) is 1. The number of anilines is 1. The van der Waals surface area contributed by atoms with Gasteiger partial charge < -0.3 is 25.6 Å². The van der Waals surface area contributed by atoms with Crippen molar-refractivity contribution in [3.8, 4) is 16.9 Å². The molecule has 1 saturated carbocycles. The predicted molar refractivity (Wildman–Crippen MR) is 111 cm³/mol. The van der Waals surface area contributed by atoms with Crippen LogP contribution in [0.4, 0.5) is 5.69 Å². The van der Waals surface area contributed by atoms with Crippen molar-refractivity contribution in [3.63, 3.8) is 0 Å². The van der Waals surface area contributed by atoms with Gasteiger partial charge in [0.1, 0.15) is 5.75 Å². The lowest BCUT2D eigenvalue weighted by atomic mass is 9.79. The number of rotatable bonds is 6. The van der Waals surface area contributed by atoms with Crippen molar-refractivity contribution < 1.29 is 24.7 Å². The first-order valence-electron chi connectivity index (χ1n) is 9.25. The molecule has 2 aromatic carbocycles. The van der Waals surface area contributed by atoms with Crippen LogP contribution in [0.2, 0.25) is 0 Å². The molecule has 0 spiro atoms. The van der Waals surface area contributed by atoms with Gasteiger partial charge in [0.25, 0.3) is 6.47 Å². The number of carboxylic acid groups (broad SMARTS) is 1. The first-order valence-corrected chi connectivity index (χ1v) is 9.25. The molecule has 29 heavy (non-hydrogen) atoms. The maximum absolute atomic E-state index is 9.53. The fraction of sp³-hybridized carbons (Fsp3) is 0.250. The minimum atomic E-state index is -1.54. The molecule has 0 unspecified atom stereocenters. The fourth-order valence-electron chi connectivity index (χ4n) is 3.05. The summed E-state index contributed by atoms with van der Waals surface area (Å²) >= 11 is 0. The Bertz CT molecular complexity index is 995. The van der Waals surface area contributed by atoms with E-state index < -0.39 is 7.12 Å². The number of carbonyl (C=O) groups is 1. The van der Waals surface area contributed by atoms with E-state index in [1.165, 1.54) is 19.0 Å². The molecule has 9 heteroatoms. The van der Waals surface area contributed by atoms with Crippen LogP contribution in [0.15, 0.2) is 42.6 Å². The summed E-state index contributed by atoms with van der Waals surface area (Å²) < 4.78 is 5.99. The first-order chi connectivity index (χ1) is 14.0. The third-order valence-electron chi connectivity index (χ3n) is 4.76. The molecule has 0 bridgehead atoms. The molecule has 5 N–H and O–H groups in total. The zero-order chi connectivity index (χ0) is 20.8. The molecule has 4 rings (SSSR count). The first kappa shape index (κ1) is 20.6. The van der Waals surface area contributed by atoms with Crippen molar-refractivity contribution in [1.82, 2.24) is 10.2 Å². The van der Waals surface area contributed by atoms with E-state index in [4.69, 9.17) is 20.4 Å². The molecule has 1 aromatic heterocycles. The molecule has 8 nitrogen and oxygen atoms in total. The summed E-state index contributed by atoms with van der Waals surface area (Å²) in [5.74, 6) is 1.50. The third kappa shape index (κ3) is 5.21. The van der Waals surface area contributed by atoms with Crippen LogP contribution in [0.1, 0.15) is 19.3 Å². The van der Waals surface area contributed by atoms with E-state index in [2.05, 4.69) is 10.2 Å². The standard InChI is InChI=1S/C19H20BN3O3.CH2O2/c21-17-11-22-23-18-9-13(3-5-15(17)18)16-10-14(20(24)25)4-6-19(16)26-8-7-12-1-2-12;2-1-3/h3-6,9-12,24-25H,1-2,7-8H2,(H2,21,23);1H,(H,2,3). The van der Waals surface area contributed by atoms with Crippen molar-refractivity contribution in [2.75, 3.05) is 12.3 Å². The highest BCUT2D eigenvalue weighted by atomic mass is 16.5. The molecular weight excluding hydrogens is 373 g/mol. The molecule has 0 aliphatic heterocycles. The van der Waals surface area contributed by atoms with E-state index in [0.29, 0.717) is 29.0 Å². The Morgan fingerprint density at radius 3 is 2.66 bits per heavy atom. The van der Waals surface area contributed by atoms with Crippen LogP contribution in [0.5, 0.6) is 5.75 Å². The summed E-state index contributed by atoms with van der Waals surface area (Å²) in [6, 6.07) is 10.9. The Labute approximate surface area is 168 Å². The monoisotopic (exact) mass is 395 g/mol. The Balaban J connectivity index is 0.000000755. The zero-order valence-electron chi connectivity index (χ0n) is 15.7. The topological polar surface area (TPSA) is 139 Å². The SMILES string of the molecule is Nc1cnnc2cc(-c3cc(B(O)O)ccc3OCCC3CC3)ccc12.O=CO. The van der Waals surface area contributed by atoms with Gasteiger partial charge >= 0.3 is 7.12 Å². The van der Waals surface area contributed by atoms with Gasteiger partial charge in [0, 0.05) is 10.9 Å². The highest BCUT2D eigenvalue weighted by Gasteiger charge is 2.21. The average molecular weight is 395 g/mol. The van der Waals surface area contributed by atoms with Gasteiger partial charge in [-0.05, 0) is 41.6 Å². The summed E-state index contributed by atoms with van der Waals surface area (Å²) in [4.78, 5) is 8.36. The van der Waals surface area contributed by atoms with Crippen LogP contribution < -0.4 is 15.9 Å². The molecule has 0 saturated heterocycles. The molecular formula is C20H22BN3O5. The van der Waals surface area contributed by atoms with E-state index in [1.807, 2.05) is 18.2 Å². The van der Waals surface area contributed by atoms with Gasteiger partial charge in [0.2, 0.25) is 0 Å². The number of hydrogen-bond acceptors (Lipinski definition) is 7. The van der Waals surface area contributed by atoms with Gasteiger partial charge in [0.05, 0.1) is 24.0 Å². The highest BCUT2D eigenvalue weighted by Crippen LogP contribution is 2.34. The number of nitrogen functional groups attached to an aromatic ring is 1. The molecule has 0 radical (unpaired) electrons. The van der Waals surface area contributed by atoms with Gasteiger partial charge in [-0.3, -0.25) is 4.79 Å². The highest BCUT2D eigenvalue weighted by molar-refractivity contribution is 6.58. The summed E-state index contributed by atoms with van der Waals surface area (Å²) in [5, 5.41) is 34.8. The second kappa shape index (κ2) is 9.36. The van der Waals surface area contributed by atoms with Crippen LogP contribution in [0.3, 0.4) is 0 Å². The molecule has 0 atom stereocenters. The molecule has 1 heterocycles. The van der Waals surface area contributed by atoms with Gasteiger partial charge in [-0.15, -0.1) is 0 Å². The lowest BCUT2D eigenvalue weighted by molar-refractivity contribution is -0.122. The van der Waals surface area contributed by atoms with Crippen molar-refractivity contribution in [3.05, 3.63) is 42.6 Å². The van der Waals surface area contributed by atoms with E-state index in [1.54, 1.807) is 18.2 Å². The number of ether oxygens (including phenoxy) is 1. The number of hydrogen-bond donors (Lipinski definition) is 4.